The summed E-state index contributed by atoms with van der Waals surface area (Å²) in [6, 6.07) is 4.44. The van der Waals surface area contributed by atoms with E-state index in [2.05, 4.69) is 16.1 Å². The molecule has 2 N–H and O–H groups in total. The molecule has 19 heavy (non-hydrogen) atoms. The predicted molar refractivity (Wildman–Crippen MR) is 75.1 cm³/mol. The molecule has 0 aliphatic heterocycles. The van der Waals surface area contributed by atoms with Crippen molar-refractivity contribution in [1.29, 1.82) is 0 Å². The predicted octanol–water partition coefficient (Wildman–Crippen LogP) is 1.86. The van der Waals surface area contributed by atoms with Gasteiger partial charge >= 0.3 is 5.97 Å². The Bertz CT molecular complexity index is 419. The highest BCUT2D eigenvalue weighted by molar-refractivity contribution is 7.12. The summed E-state index contributed by atoms with van der Waals surface area (Å²) in [4.78, 5) is 13.4. The zero-order valence-electron chi connectivity index (χ0n) is 11.2. The van der Waals surface area contributed by atoms with E-state index in [1.807, 2.05) is 6.07 Å². The molecule has 1 heterocycles. The Labute approximate surface area is 117 Å². The third-order valence-electron chi connectivity index (χ3n) is 3.48. The van der Waals surface area contributed by atoms with Gasteiger partial charge in [0.05, 0.1) is 19.6 Å². The van der Waals surface area contributed by atoms with Crippen molar-refractivity contribution in [3.63, 3.8) is 0 Å². The van der Waals surface area contributed by atoms with Crippen LogP contribution in [0, 0.1) is 0 Å². The Hall–Kier alpha value is -0.910. The number of rotatable bonds is 5. The van der Waals surface area contributed by atoms with Crippen LogP contribution in [-0.4, -0.2) is 30.3 Å². The van der Waals surface area contributed by atoms with Gasteiger partial charge in [-0.25, -0.2) is 0 Å². The monoisotopic (exact) mass is 283 g/mol. The van der Waals surface area contributed by atoms with Gasteiger partial charge in [0.2, 0.25) is 0 Å². The second-order valence-electron chi connectivity index (χ2n) is 5.02. The molecule has 0 radical (unpaired) electrons. The average Bonchev–Trinajstić information content (AvgIpc) is 2.84. The van der Waals surface area contributed by atoms with Gasteiger partial charge in [-0.1, -0.05) is 0 Å². The number of nitrogens with one attached hydrogen (secondary N) is 1. The Morgan fingerprint density at radius 2 is 2.26 bits per heavy atom. The van der Waals surface area contributed by atoms with E-state index in [0.717, 1.165) is 37.1 Å². The number of aliphatic hydroxyl groups is 1. The summed E-state index contributed by atoms with van der Waals surface area (Å²) in [5.41, 5.74) is 0. The van der Waals surface area contributed by atoms with Crippen LogP contribution in [0.25, 0.3) is 0 Å². The molecule has 2 atom stereocenters. The molecule has 1 aliphatic carbocycles. The minimum absolute atomic E-state index is 0.149. The number of esters is 1. The summed E-state index contributed by atoms with van der Waals surface area (Å²) in [7, 11) is 1.41. The minimum atomic E-state index is -0.197. The van der Waals surface area contributed by atoms with Crippen LogP contribution in [0.3, 0.4) is 0 Å². The summed E-state index contributed by atoms with van der Waals surface area (Å²) >= 11 is 1.64. The zero-order valence-corrected chi connectivity index (χ0v) is 12.0. The maximum atomic E-state index is 11.2. The molecule has 0 aromatic carbocycles. The molecule has 0 amide bonds. The highest BCUT2D eigenvalue weighted by Crippen LogP contribution is 2.21. The Kier molecular flexibility index (Phi) is 5.36. The van der Waals surface area contributed by atoms with Gasteiger partial charge in [-0.2, -0.15) is 0 Å². The molecule has 2 unspecified atom stereocenters. The number of hydrogen-bond donors (Lipinski definition) is 2. The molecule has 1 fully saturated rings. The Morgan fingerprint density at radius 1 is 1.47 bits per heavy atom. The van der Waals surface area contributed by atoms with Crippen LogP contribution in [0.5, 0.6) is 0 Å². The van der Waals surface area contributed by atoms with Crippen LogP contribution >= 0.6 is 11.3 Å². The molecule has 106 valence electrons. The molecule has 5 heteroatoms. The van der Waals surface area contributed by atoms with Gasteiger partial charge in [0.1, 0.15) is 0 Å². The number of thiophene rings is 1. The molecule has 4 nitrogen and oxygen atoms in total. The molecular weight excluding hydrogens is 262 g/mol. The summed E-state index contributed by atoms with van der Waals surface area (Å²) in [5.74, 6) is -0.197. The van der Waals surface area contributed by atoms with E-state index >= 15 is 0 Å². The largest absolute Gasteiger partial charge is 0.469 e. The highest BCUT2D eigenvalue weighted by atomic mass is 32.1. The van der Waals surface area contributed by atoms with Crippen molar-refractivity contribution < 1.29 is 14.6 Å². The lowest BCUT2D eigenvalue weighted by Crippen LogP contribution is -2.35. The van der Waals surface area contributed by atoms with Gasteiger partial charge in [0.15, 0.2) is 0 Å². The van der Waals surface area contributed by atoms with Gasteiger partial charge in [-0.3, -0.25) is 4.79 Å². The van der Waals surface area contributed by atoms with Crippen molar-refractivity contribution in [2.45, 2.75) is 50.8 Å². The first-order chi connectivity index (χ1) is 9.17. The van der Waals surface area contributed by atoms with Crippen molar-refractivity contribution in [2.24, 2.45) is 0 Å². The normalized spacial score (nSPS) is 23.3. The van der Waals surface area contributed by atoms with Crippen molar-refractivity contribution in [3.8, 4) is 0 Å². The maximum absolute atomic E-state index is 11.2. The lowest BCUT2D eigenvalue weighted by molar-refractivity contribution is -0.139. The second kappa shape index (κ2) is 7.03. The first-order valence-corrected chi connectivity index (χ1v) is 7.55. The van der Waals surface area contributed by atoms with Crippen molar-refractivity contribution >= 4 is 17.3 Å². The molecular formula is C14H21NO3S. The Balaban J connectivity index is 1.78. The Morgan fingerprint density at radius 3 is 3.00 bits per heavy atom. The number of carbonyl (C=O) groups excluding carboxylic acids is 1. The summed E-state index contributed by atoms with van der Waals surface area (Å²) in [6.07, 6.45) is 4.21. The molecule has 1 aromatic rings. The molecule has 0 saturated heterocycles. The van der Waals surface area contributed by atoms with Gasteiger partial charge in [-0.15, -0.1) is 11.3 Å². The van der Waals surface area contributed by atoms with Crippen LogP contribution in [-0.2, 0) is 22.5 Å². The van der Waals surface area contributed by atoms with Gasteiger partial charge in [0, 0.05) is 22.3 Å². The molecule has 1 aliphatic rings. The first-order valence-electron chi connectivity index (χ1n) is 6.73. The molecule has 0 spiro atoms. The molecule has 0 bridgehead atoms. The van der Waals surface area contributed by atoms with Gasteiger partial charge in [0.25, 0.3) is 0 Å². The highest BCUT2D eigenvalue weighted by Gasteiger charge is 2.19. The fourth-order valence-electron chi connectivity index (χ4n) is 2.42. The van der Waals surface area contributed by atoms with E-state index in [-0.39, 0.29) is 12.1 Å². The fraction of sp³-hybridized carbons (Fsp3) is 0.643. The first kappa shape index (κ1) is 14.5. The second-order valence-corrected chi connectivity index (χ2v) is 6.27. The SMILES string of the molecule is COC(=O)Cc1ccc(CNC2CCCC(O)C2)s1. The lowest BCUT2D eigenvalue weighted by atomic mass is 9.93. The van der Waals surface area contributed by atoms with E-state index < -0.39 is 0 Å². The number of ether oxygens (including phenoxy) is 1. The molecule has 2 rings (SSSR count). The third-order valence-corrected chi connectivity index (χ3v) is 4.56. The topological polar surface area (TPSA) is 58.6 Å². The van der Waals surface area contributed by atoms with E-state index in [1.54, 1.807) is 11.3 Å². The van der Waals surface area contributed by atoms with Crippen molar-refractivity contribution in [2.75, 3.05) is 7.11 Å². The zero-order chi connectivity index (χ0) is 13.7. The van der Waals surface area contributed by atoms with E-state index in [1.165, 1.54) is 12.0 Å². The number of hydrogen-bond acceptors (Lipinski definition) is 5. The summed E-state index contributed by atoms with van der Waals surface area (Å²) in [5, 5.41) is 13.1. The van der Waals surface area contributed by atoms with Crippen LogP contribution in [0.15, 0.2) is 12.1 Å². The lowest BCUT2D eigenvalue weighted by Gasteiger charge is -2.26. The molecule has 1 saturated carbocycles. The van der Waals surface area contributed by atoms with Crippen LogP contribution in [0.1, 0.15) is 35.4 Å². The van der Waals surface area contributed by atoms with Crippen molar-refractivity contribution in [3.05, 3.63) is 21.9 Å². The van der Waals surface area contributed by atoms with Gasteiger partial charge in [-0.05, 0) is 37.8 Å². The number of aliphatic hydroxyl groups excluding tert-OH is 1. The minimum Gasteiger partial charge on any atom is -0.469 e. The van der Waals surface area contributed by atoms with Crippen LogP contribution in [0.2, 0.25) is 0 Å². The van der Waals surface area contributed by atoms with E-state index in [9.17, 15) is 9.90 Å². The number of methoxy groups -OCH3 is 1. The quantitative estimate of drug-likeness (QED) is 0.810. The smallest absolute Gasteiger partial charge is 0.310 e. The van der Waals surface area contributed by atoms with Gasteiger partial charge < -0.3 is 15.2 Å². The standard InChI is InChI=1S/C14H21NO3S/c1-18-14(17)8-12-5-6-13(19-12)9-15-10-3-2-4-11(16)7-10/h5-6,10-11,15-16H,2-4,7-9H2,1H3. The average molecular weight is 283 g/mol. The third kappa shape index (κ3) is 4.60. The maximum Gasteiger partial charge on any atom is 0.310 e. The van der Waals surface area contributed by atoms with Crippen LogP contribution < -0.4 is 5.32 Å². The molecule has 1 aromatic heterocycles. The number of carbonyl (C=O) groups is 1. The fourth-order valence-corrected chi connectivity index (χ4v) is 3.38. The summed E-state index contributed by atoms with van der Waals surface area (Å²) < 4.78 is 4.65. The van der Waals surface area contributed by atoms with Crippen LogP contribution in [0.4, 0.5) is 0 Å². The van der Waals surface area contributed by atoms with E-state index in [4.69, 9.17) is 0 Å². The summed E-state index contributed by atoms with van der Waals surface area (Å²) in [6.45, 7) is 0.809. The van der Waals surface area contributed by atoms with Crippen molar-refractivity contribution in [1.82, 2.24) is 5.32 Å². The van der Waals surface area contributed by atoms with E-state index in [0.29, 0.717) is 12.5 Å².